The van der Waals surface area contributed by atoms with Gasteiger partial charge in [-0.05, 0) is 24.6 Å². The molecule has 80 valence electrons. The van der Waals surface area contributed by atoms with E-state index in [1.807, 2.05) is 25.1 Å². The lowest BCUT2D eigenvalue weighted by Crippen LogP contribution is -2.00. The maximum atomic E-state index is 12.1. The average Bonchev–Trinajstić information content (AvgIpc) is 2.77. The van der Waals surface area contributed by atoms with Crippen molar-refractivity contribution in [1.29, 1.82) is 0 Å². The van der Waals surface area contributed by atoms with Gasteiger partial charge in [-0.3, -0.25) is 9.59 Å². The van der Waals surface area contributed by atoms with E-state index in [0.29, 0.717) is 15.3 Å². The monoisotopic (exact) mass is 230 g/mol. The van der Waals surface area contributed by atoms with Crippen molar-refractivity contribution in [1.82, 2.24) is 0 Å². The zero-order valence-electron chi connectivity index (χ0n) is 8.77. The van der Waals surface area contributed by atoms with E-state index in [1.165, 1.54) is 11.3 Å². The molecule has 0 saturated carbocycles. The quantitative estimate of drug-likeness (QED) is 0.599. The molecule has 0 aliphatic rings. The molecule has 2 rings (SSSR count). The highest BCUT2D eigenvalue weighted by molar-refractivity contribution is 7.15. The molecule has 0 fully saturated rings. The van der Waals surface area contributed by atoms with E-state index in [4.69, 9.17) is 0 Å². The first kappa shape index (κ1) is 10.8. The van der Waals surface area contributed by atoms with E-state index in [0.717, 1.165) is 11.8 Å². The van der Waals surface area contributed by atoms with Crippen molar-refractivity contribution in [3.63, 3.8) is 0 Å². The number of hydrogen-bond donors (Lipinski definition) is 0. The summed E-state index contributed by atoms with van der Waals surface area (Å²) in [6.07, 6.45) is 0.763. The summed E-state index contributed by atoms with van der Waals surface area (Å²) in [7, 11) is 0. The molecular formula is C13H10O2S. The summed E-state index contributed by atoms with van der Waals surface area (Å²) < 4.78 is 0. The number of carbonyl (C=O) groups excluding carboxylic acids is 2. The lowest BCUT2D eigenvalue weighted by atomic mass is 10.0. The molecular weight excluding hydrogens is 220 g/mol. The first-order valence-electron chi connectivity index (χ1n) is 4.87. The zero-order valence-corrected chi connectivity index (χ0v) is 9.58. The van der Waals surface area contributed by atoms with Crippen LogP contribution in [0.2, 0.25) is 0 Å². The summed E-state index contributed by atoms with van der Waals surface area (Å²) in [5.74, 6) is -0.0174. The Kier molecular flexibility index (Phi) is 2.97. The van der Waals surface area contributed by atoms with Crippen molar-refractivity contribution in [2.45, 2.75) is 6.92 Å². The highest BCUT2D eigenvalue weighted by Crippen LogP contribution is 2.20. The first-order chi connectivity index (χ1) is 7.72. The smallest absolute Gasteiger partial charge is 0.203 e. The Morgan fingerprint density at radius 2 is 1.94 bits per heavy atom. The minimum atomic E-state index is -0.0174. The number of hydrogen-bond acceptors (Lipinski definition) is 3. The molecule has 16 heavy (non-hydrogen) atoms. The Labute approximate surface area is 97.5 Å². The Balaban J connectivity index is 2.39. The standard InChI is InChI=1S/C13H10O2S/c1-9-4-2-3-5-11(9)13(15)12-7-6-10(8-14)16-12/h2-8H,1H3. The predicted octanol–water partition coefficient (Wildman–Crippen LogP) is 3.10. The maximum absolute atomic E-state index is 12.1. The molecule has 0 radical (unpaired) electrons. The van der Waals surface area contributed by atoms with Crippen LogP contribution in [0, 0.1) is 6.92 Å². The fourth-order valence-corrected chi connectivity index (χ4v) is 2.28. The van der Waals surface area contributed by atoms with Crippen molar-refractivity contribution in [2.75, 3.05) is 0 Å². The van der Waals surface area contributed by atoms with Crippen molar-refractivity contribution in [2.24, 2.45) is 0 Å². The van der Waals surface area contributed by atoms with Gasteiger partial charge in [0, 0.05) is 5.56 Å². The van der Waals surface area contributed by atoms with E-state index < -0.39 is 0 Å². The molecule has 2 aromatic rings. The number of ketones is 1. The minimum absolute atomic E-state index is 0.0174. The fourth-order valence-electron chi connectivity index (χ4n) is 1.50. The van der Waals surface area contributed by atoms with Crippen LogP contribution in [0.3, 0.4) is 0 Å². The number of aldehydes is 1. The summed E-state index contributed by atoms with van der Waals surface area (Å²) in [5.41, 5.74) is 1.65. The second kappa shape index (κ2) is 4.41. The van der Waals surface area contributed by atoms with Gasteiger partial charge in [0.05, 0.1) is 9.75 Å². The summed E-state index contributed by atoms with van der Waals surface area (Å²) in [6.45, 7) is 1.90. The number of benzene rings is 1. The maximum Gasteiger partial charge on any atom is 0.203 e. The Hall–Kier alpha value is -1.74. The van der Waals surface area contributed by atoms with E-state index in [9.17, 15) is 9.59 Å². The molecule has 0 saturated heterocycles. The van der Waals surface area contributed by atoms with Crippen LogP contribution in [-0.2, 0) is 0 Å². The van der Waals surface area contributed by atoms with Crippen LogP contribution in [0.5, 0.6) is 0 Å². The summed E-state index contributed by atoms with van der Waals surface area (Å²) in [5, 5.41) is 0. The molecule has 0 unspecified atom stereocenters. The first-order valence-corrected chi connectivity index (χ1v) is 5.69. The molecule has 0 aliphatic carbocycles. The molecule has 0 N–H and O–H groups in total. The number of carbonyl (C=O) groups is 2. The largest absolute Gasteiger partial charge is 0.297 e. The highest BCUT2D eigenvalue weighted by atomic mass is 32.1. The molecule has 0 amide bonds. The molecule has 0 atom stereocenters. The summed E-state index contributed by atoms with van der Waals surface area (Å²) in [6, 6.07) is 10.8. The van der Waals surface area contributed by atoms with Crippen LogP contribution < -0.4 is 0 Å². The van der Waals surface area contributed by atoms with Gasteiger partial charge in [0.15, 0.2) is 6.29 Å². The Morgan fingerprint density at radius 1 is 1.19 bits per heavy atom. The van der Waals surface area contributed by atoms with Gasteiger partial charge in [-0.25, -0.2) is 0 Å². The van der Waals surface area contributed by atoms with Gasteiger partial charge in [-0.15, -0.1) is 11.3 Å². The number of aryl methyl sites for hydroxylation is 1. The van der Waals surface area contributed by atoms with Gasteiger partial charge in [-0.1, -0.05) is 24.3 Å². The van der Waals surface area contributed by atoms with Gasteiger partial charge < -0.3 is 0 Å². The van der Waals surface area contributed by atoms with Gasteiger partial charge >= 0.3 is 0 Å². The lowest BCUT2D eigenvalue weighted by Gasteiger charge is -2.01. The van der Waals surface area contributed by atoms with E-state index in [1.54, 1.807) is 18.2 Å². The third kappa shape index (κ3) is 1.95. The normalized spacial score (nSPS) is 10.1. The average molecular weight is 230 g/mol. The second-order valence-electron chi connectivity index (χ2n) is 3.46. The lowest BCUT2D eigenvalue weighted by molar-refractivity contribution is 0.104. The molecule has 0 spiro atoms. The van der Waals surface area contributed by atoms with E-state index in [-0.39, 0.29) is 5.78 Å². The van der Waals surface area contributed by atoms with Crippen LogP contribution >= 0.6 is 11.3 Å². The van der Waals surface area contributed by atoms with Gasteiger partial charge in [0.1, 0.15) is 0 Å². The van der Waals surface area contributed by atoms with Crippen LogP contribution in [0.15, 0.2) is 36.4 Å². The summed E-state index contributed by atoms with van der Waals surface area (Å²) >= 11 is 1.23. The third-order valence-electron chi connectivity index (χ3n) is 2.36. The third-order valence-corrected chi connectivity index (χ3v) is 3.37. The zero-order chi connectivity index (χ0) is 11.5. The molecule has 2 nitrogen and oxygen atoms in total. The van der Waals surface area contributed by atoms with Crippen LogP contribution in [0.1, 0.15) is 30.5 Å². The van der Waals surface area contributed by atoms with Crippen LogP contribution in [0.25, 0.3) is 0 Å². The Bertz CT molecular complexity index is 540. The number of thiophene rings is 1. The summed E-state index contributed by atoms with van der Waals surface area (Å²) in [4.78, 5) is 23.8. The van der Waals surface area contributed by atoms with Crippen molar-refractivity contribution in [3.05, 3.63) is 57.3 Å². The van der Waals surface area contributed by atoms with E-state index >= 15 is 0 Å². The predicted molar refractivity (Wildman–Crippen MR) is 64.3 cm³/mol. The minimum Gasteiger partial charge on any atom is -0.297 e. The second-order valence-corrected chi connectivity index (χ2v) is 4.58. The molecule has 1 heterocycles. The van der Waals surface area contributed by atoms with Gasteiger partial charge in [0.2, 0.25) is 5.78 Å². The highest BCUT2D eigenvalue weighted by Gasteiger charge is 2.13. The van der Waals surface area contributed by atoms with Crippen molar-refractivity contribution >= 4 is 23.4 Å². The Morgan fingerprint density at radius 3 is 2.56 bits per heavy atom. The van der Waals surface area contributed by atoms with Gasteiger partial charge in [-0.2, -0.15) is 0 Å². The van der Waals surface area contributed by atoms with Crippen molar-refractivity contribution in [3.8, 4) is 0 Å². The molecule has 0 aliphatic heterocycles. The van der Waals surface area contributed by atoms with Crippen molar-refractivity contribution < 1.29 is 9.59 Å². The molecule has 1 aromatic heterocycles. The van der Waals surface area contributed by atoms with Crippen LogP contribution in [0.4, 0.5) is 0 Å². The van der Waals surface area contributed by atoms with Gasteiger partial charge in [0.25, 0.3) is 0 Å². The molecule has 0 bridgehead atoms. The molecule has 1 aromatic carbocycles. The SMILES string of the molecule is Cc1ccccc1C(=O)c1ccc(C=O)s1. The van der Waals surface area contributed by atoms with E-state index in [2.05, 4.69) is 0 Å². The topological polar surface area (TPSA) is 34.1 Å². The number of rotatable bonds is 3. The molecule has 3 heteroatoms. The fraction of sp³-hybridized carbons (Fsp3) is 0.0769. The van der Waals surface area contributed by atoms with Crippen LogP contribution in [-0.4, -0.2) is 12.1 Å².